The van der Waals surface area contributed by atoms with Gasteiger partial charge < -0.3 is 15.2 Å². The predicted octanol–water partition coefficient (Wildman–Crippen LogP) is 2.25. The molecule has 92 valence electrons. The molecule has 0 aliphatic heterocycles. The summed E-state index contributed by atoms with van der Waals surface area (Å²) in [5.74, 6) is 0. The van der Waals surface area contributed by atoms with Crippen molar-refractivity contribution in [1.29, 1.82) is 0 Å². The van der Waals surface area contributed by atoms with Crippen LogP contribution in [-0.2, 0) is 6.54 Å². The van der Waals surface area contributed by atoms with E-state index in [4.69, 9.17) is 4.74 Å². The zero-order chi connectivity index (χ0) is 12.0. The van der Waals surface area contributed by atoms with Gasteiger partial charge in [-0.05, 0) is 18.6 Å². The van der Waals surface area contributed by atoms with Crippen molar-refractivity contribution in [3.8, 4) is 5.06 Å². The minimum atomic E-state index is -0.0126. The SMILES string of the molecule is CCC(C)(CO)CNCc1ccc(OC)s1. The Bertz CT molecular complexity index is 308. The second-order valence-electron chi connectivity index (χ2n) is 4.35. The quantitative estimate of drug-likeness (QED) is 0.772. The smallest absolute Gasteiger partial charge is 0.173 e. The van der Waals surface area contributed by atoms with Crippen molar-refractivity contribution in [3.63, 3.8) is 0 Å². The molecule has 0 aromatic carbocycles. The Morgan fingerprint density at radius 1 is 1.50 bits per heavy atom. The molecule has 0 aliphatic carbocycles. The fraction of sp³-hybridized carbons (Fsp3) is 0.667. The summed E-state index contributed by atoms with van der Waals surface area (Å²) < 4.78 is 5.14. The van der Waals surface area contributed by atoms with E-state index in [0.29, 0.717) is 0 Å². The molecule has 2 N–H and O–H groups in total. The largest absolute Gasteiger partial charge is 0.487 e. The molecule has 1 atom stereocenters. The minimum Gasteiger partial charge on any atom is -0.487 e. The maximum Gasteiger partial charge on any atom is 0.173 e. The van der Waals surface area contributed by atoms with Gasteiger partial charge in [0.1, 0.15) is 0 Å². The molecule has 1 unspecified atom stereocenters. The van der Waals surface area contributed by atoms with E-state index in [9.17, 15) is 5.11 Å². The van der Waals surface area contributed by atoms with Gasteiger partial charge >= 0.3 is 0 Å². The summed E-state index contributed by atoms with van der Waals surface area (Å²) >= 11 is 1.65. The first kappa shape index (κ1) is 13.5. The van der Waals surface area contributed by atoms with Gasteiger partial charge in [0.05, 0.1) is 7.11 Å². The topological polar surface area (TPSA) is 41.5 Å². The number of rotatable bonds is 7. The van der Waals surface area contributed by atoms with E-state index in [2.05, 4.69) is 25.2 Å². The van der Waals surface area contributed by atoms with Crippen LogP contribution in [-0.4, -0.2) is 25.4 Å². The second kappa shape index (κ2) is 6.23. The molecule has 0 fully saturated rings. The van der Waals surface area contributed by atoms with E-state index in [1.54, 1.807) is 18.4 Å². The molecule has 16 heavy (non-hydrogen) atoms. The summed E-state index contributed by atoms with van der Waals surface area (Å²) in [4.78, 5) is 1.26. The Morgan fingerprint density at radius 2 is 2.25 bits per heavy atom. The lowest BCUT2D eigenvalue weighted by atomic mass is 9.89. The van der Waals surface area contributed by atoms with Crippen LogP contribution in [0.4, 0.5) is 0 Å². The molecule has 0 amide bonds. The van der Waals surface area contributed by atoms with Crippen LogP contribution in [0.15, 0.2) is 12.1 Å². The lowest BCUT2D eigenvalue weighted by Crippen LogP contribution is -2.33. The molecular formula is C12H21NO2S. The van der Waals surface area contributed by atoms with Gasteiger partial charge in [-0.1, -0.05) is 13.8 Å². The monoisotopic (exact) mass is 243 g/mol. The molecule has 3 nitrogen and oxygen atoms in total. The summed E-state index contributed by atoms with van der Waals surface area (Å²) in [6.45, 7) is 6.09. The number of hydrogen-bond acceptors (Lipinski definition) is 4. The third-order valence-electron chi connectivity index (χ3n) is 2.92. The van der Waals surface area contributed by atoms with Gasteiger partial charge in [0.2, 0.25) is 0 Å². The third kappa shape index (κ3) is 3.77. The summed E-state index contributed by atoms with van der Waals surface area (Å²) in [6.07, 6.45) is 0.976. The Labute approximate surface area is 101 Å². The molecule has 0 saturated heterocycles. The lowest BCUT2D eigenvalue weighted by Gasteiger charge is -2.25. The van der Waals surface area contributed by atoms with Crippen LogP contribution in [0.3, 0.4) is 0 Å². The number of aliphatic hydroxyl groups is 1. The number of methoxy groups -OCH3 is 1. The molecule has 0 saturated carbocycles. The van der Waals surface area contributed by atoms with E-state index in [1.807, 2.05) is 6.07 Å². The highest BCUT2D eigenvalue weighted by Gasteiger charge is 2.20. The molecule has 0 spiro atoms. The summed E-state index contributed by atoms with van der Waals surface area (Å²) in [5, 5.41) is 13.6. The lowest BCUT2D eigenvalue weighted by molar-refractivity contribution is 0.135. The summed E-state index contributed by atoms with van der Waals surface area (Å²) in [5.41, 5.74) is -0.0126. The molecule has 0 bridgehead atoms. The Hall–Kier alpha value is -0.580. The third-order valence-corrected chi connectivity index (χ3v) is 3.97. The molecule has 1 rings (SSSR count). The van der Waals surface area contributed by atoms with Gasteiger partial charge in [-0.25, -0.2) is 0 Å². The van der Waals surface area contributed by atoms with Crippen LogP contribution in [0.2, 0.25) is 0 Å². The van der Waals surface area contributed by atoms with Crippen molar-refractivity contribution in [2.75, 3.05) is 20.3 Å². The maximum atomic E-state index is 9.27. The van der Waals surface area contributed by atoms with Gasteiger partial charge in [0.15, 0.2) is 5.06 Å². The zero-order valence-corrected chi connectivity index (χ0v) is 11.1. The van der Waals surface area contributed by atoms with Crippen LogP contribution >= 0.6 is 11.3 Å². The van der Waals surface area contributed by atoms with Crippen molar-refractivity contribution in [3.05, 3.63) is 17.0 Å². The van der Waals surface area contributed by atoms with Crippen molar-refractivity contribution >= 4 is 11.3 Å². The average Bonchev–Trinajstić information content (AvgIpc) is 2.77. The first-order valence-electron chi connectivity index (χ1n) is 5.58. The number of thiophene rings is 1. The van der Waals surface area contributed by atoms with Crippen molar-refractivity contribution in [2.24, 2.45) is 5.41 Å². The van der Waals surface area contributed by atoms with Gasteiger partial charge in [0, 0.05) is 30.0 Å². The average molecular weight is 243 g/mol. The first-order chi connectivity index (χ1) is 7.63. The van der Waals surface area contributed by atoms with Crippen LogP contribution in [0.25, 0.3) is 0 Å². The number of nitrogens with one attached hydrogen (secondary N) is 1. The molecule has 1 aromatic heterocycles. The highest BCUT2D eigenvalue weighted by molar-refractivity contribution is 7.13. The molecule has 0 radical (unpaired) electrons. The number of ether oxygens (including phenoxy) is 1. The van der Waals surface area contributed by atoms with Crippen LogP contribution in [0.5, 0.6) is 5.06 Å². The Balaban J connectivity index is 2.35. The number of aliphatic hydroxyl groups excluding tert-OH is 1. The van der Waals surface area contributed by atoms with E-state index in [1.165, 1.54) is 4.88 Å². The summed E-state index contributed by atoms with van der Waals surface area (Å²) in [6, 6.07) is 4.05. The van der Waals surface area contributed by atoms with Gasteiger partial charge in [-0.2, -0.15) is 0 Å². The first-order valence-corrected chi connectivity index (χ1v) is 6.39. The van der Waals surface area contributed by atoms with Crippen LogP contribution in [0.1, 0.15) is 25.1 Å². The molecular weight excluding hydrogens is 222 g/mol. The molecule has 1 aromatic rings. The van der Waals surface area contributed by atoms with E-state index < -0.39 is 0 Å². The molecule has 4 heteroatoms. The van der Waals surface area contributed by atoms with Gasteiger partial charge in [-0.15, -0.1) is 11.3 Å². The highest BCUT2D eigenvalue weighted by Crippen LogP contribution is 2.24. The Morgan fingerprint density at radius 3 is 2.75 bits per heavy atom. The maximum absolute atomic E-state index is 9.27. The minimum absolute atomic E-state index is 0.0126. The molecule has 1 heterocycles. The van der Waals surface area contributed by atoms with E-state index in [0.717, 1.165) is 24.6 Å². The Kier molecular flexibility index (Phi) is 5.25. The fourth-order valence-electron chi connectivity index (χ4n) is 1.34. The van der Waals surface area contributed by atoms with Crippen LogP contribution < -0.4 is 10.1 Å². The zero-order valence-electron chi connectivity index (χ0n) is 10.2. The van der Waals surface area contributed by atoms with E-state index in [-0.39, 0.29) is 12.0 Å². The van der Waals surface area contributed by atoms with Crippen LogP contribution in [0, 0.1) is 5.41 Å². The van der Waals surface area contributed by atoms with Crippen molar-refractivity contribution < 1.29 is 9.84 Å². The standard InChI is InChI=1S/C12H21NO2S/c1-4-12(2,9-14)8-13-7-10-5-6-11(15-3)16-10/h5-6,13-14H,4,7-9H2,1-3H3. The van der Waals surface area contributed by atoms with Crippen molar-refractivity contribution in [1.82, 2.24) is 5.32 Å². The number of hydrogen-bond donors (Lipinski definition) is 2. The van der Waals surface area contributed by atoms with Gasteiger partial charge in [0.25, 0.3) is 0 Å². The second-order valence-corrected chi connectivity index (χ2v) is 5.48. The summed E-state index contributed by atoms with van der Waals surface area (Å²) in [7, 11) is 1.68. The fourth-order valence-corrected chi connectivity index (χ4v) is 2.13. The van der Waals surface area contributed by atoms with E-state index >= 15 is 0 Å². The van der Waals surface area contributed by atoms with Gasteiger partial charge in [-0.3, -0.25) is 0 Å². The predicted molar refractivity (Wildman–Crippen MR) is 68.1 cm³/mol. The molecule has 0 aliphatic rings. The van der Waals surface area contributed by atoms with Crippen molar-refractivity contribution in [2.45, 2.75) is 26.8 Å². The normalized spacial score (nSPS) is 14.8. The highest BCUT2D eigenvalue weighted by atomic mass is 32.1.